The first-order valence-electron chi connectivity index (χ1n) is 6.46. The third-order valence-electron chi connectivity index (χ3n) is 3.61. The van der Waals surface area contributed by atoms with Crippen LogP contribution in [0.1, 0.15) is 33.3 Å². The minimum Gasteiger partial charge on any atom is -0.481 e. The van der Waals surface area contributed by atoms with Gasteiger partial charge in [0.2, 0.25) is 5.91 Å². The van der Waals surface area contributed by atoms with Gasteiger partial charge in [0.1, 0.15) is 0 Å². The Morgan fingerprint density at radius 2 is 1.90 bits per heavy atom. The van der Waals surface area contributed by atoms with E-state index in [2.05, 4.69) is 5.32 Å². The molecule has 110 valence electrons. The van der Waals surface area contributed by atoms with Crippen LogP contribution < -0.4 is 5.32 Å². The van der Waals surface area contributed by atoms with Gasteiger partial charge in [-0.05, 0) is 45.4 Å². The Morgan fingerprint density at radius 3 is 2.40 bits per heavy atom. The molecule has 0 spiro atoms. The summed E-state index contributed by atoms with van der Waals surface area (Å²) in [5.41, 5.74) is 0.00914. The summed E-state index contributed by atoms with van der Waals surface area (Å²) in [5.74, 6) is -1.80. The molecule has 1 amide bonds. The van der Waals surface area contributed by atoms with Crippen LogP contribution in [0.15, 0.2) is 24.3 Å². The molecule has 1 rings (SSSR count). The Bertz CT molecular complexity index is 514. The summed E-state index contributed by atoms with van der Waals surface area (Å²) < 4.78 is 0. The third-order valence-corrected chi connectivity index (χ3v) is 3.85. The molecular formula is C15H20ClNO3. The number of carbonyl (C=O) groups excluding carboxylic acids is 1. The van der Waals surface area contributed by atoms with Gasteiger partial charge in [0.05, 0.1) is 11.3 Å². The van der Waals surface area contributed by atoms with Gasteiger partial charge in [-0.2, -0.15) is 0 Å². The topological polar surface area (TPSA) is 66.4 Å². The fourth-order valence-electron chi connectivity index (χ4n) is 1.73. The van der Waals surface area contributed by atoms with E-state index in [1.54, 1.807) is 45.9 Å². The van der Waals surface area contributed by atoms with Gasteiger partial charge in [0, 0.05) is 11.1 Å². The smallest absolute Gasteiger partial charge is 0.308 e. The lowest BCUT2D eigenvalue weighted by molar-refractivity contribution is -0.142. The average Bonchev–Trinajstić information content (AvgIpc) is 2.37. The molecule has 0 radical (unpaired) electrons. The van der Waals surface area contributed by atoms with Gasteiger partial charge in [0.15, 0.2) is 0 Å². The minimum atomic E-state index is -0.932. The van der Waals surface area contributed by atoms with Crippen LogP contribution in [-0.2, 0) is 15.0 Å². The van der Waals surface area contributed by atoms with Gasteiger partial charge in [-0.3, -0.25) is 9.59 Å². The first-order valence-corrected chi connectivity index (χ1v) is 6.84. The molecule has 2 atom stereocenters. The summed E-state index contributed by atoms with van der Waals surface area (Å²) in [5, 5.41) is 12.3. The lowest BCUT2D eigenvalue weighted by atomic mass is 9.83. The molecular weight excluding hydrogens is 278 g/mol. The van der Waals surface area contributed by atoms with Gasteiger partial charge in [0.25, 0.3) is 0 Å². The highest BCUT2D eigenvalue weighted by atomic mass is 35.5. The fourth-order valence-corrected chi connectivity index (χ4v) is 1.92. The van der Waals surface area contributed by atoms with Gasteiger partial charge in [-0.1, -0.05) is 23.7 Å². The first-order chi connectivity index (χ1) is 9.16. The molecule has 0 heterocycles. The van der Waals surface area contributed by atoms with E-state index in [4.69, 9.17) is 16.7 Å². The minimum absolute atomic E-state index is 0.222. The number of carbonyl (C=O) groups is 2. The summed E-state index contributed by atoms with van der Waals surface area (Å²) in [6, 6.07) is 6.66. The van der Waals surface area contributed by atoms with Crippen molar-refractivity contribution in [1.82, 2.24) is 5.32 Å². The summed E-state index contributed by atoms with van der Waals surface area (Å²) >= 11 is 5.94. The average molecular weight is 298 g/mol. The second-order valence-corrected chi connectivity index (χ2v) is 5.96. The van der Waals surface area contributed by atoms with E-state index < -0.39 is 23.3 Å². The molecule has 0 aliphatic carbocycles. The summed E-state index contributed by atoms with van der Waals surface area (Å²) in [6.07, 6.45) is 0. The second kappa shape index (κ2) is 6.27. The van der Waals surface area contributed by atoms with E-state index in [1.165, 1.54) is 0 Å². The Labute approximate surface area is 124 Å². The zero-order chi connectivity index (χ0) is 15.5. The molecule has 2 unspecified atom stereocenters. The lowest BCUT2D eigenvalue weighted by Crippen LogP contribution is -2.47. The van der Waals surface area contributed by atoms with Crippen molar-refractivity contribution in [2.45, 2.75) is 39.2 Å². The molecule has 0 saturated carbocycles. The molecule has 0 saturated heterocycles. The molecule has 0 aliphatic rings. The number of rotatable bonds is 5. The van der Waals surface area contributed by atoms with Gasteiger partial charge < -0.3 is 10.4 Å². The number of amides is 1. The summed E-state index contributed by atoms with van der Waals surface area (Å²) in [6.45, 7) is 6.82. The summed E-state index contributed by atoms with van der Waals surface area (Å²) in [7, 11) is 0. The van der Waals surface area contributed by atoms with E-state index in [0.29, 0.717) is 5.02 Å². The van der Waals surface area contributed by atoms with E-state index >= 15 is 0 Å². The molecule has 5 heteroatoms. The van der Waals surface area contributed by atoms with Crippen molar-refractivity contribution >= 4 is 23.5 Å². The molecule has 2 N–H and O–H groups in total. The quantitative estimate of drug-likeness (QED) is 0.878. The fraction of sp³-hybridized carbons (Fsp3) is 0.467. The van der Waals surface area contributed by atoms with Crippen LogP contribution in [-0.4, -0.2) is 23.0 Å². The predicted octanol–water partition coefficient (Wildman–Crippen LogP) is 2.84. The van der Waals surface area contributed by atoms with Gasteiger partial charge >= 0.3 is 5.97 Å². The van der Waals surface area contributed by atoms with E-state index in [9.17, 15) is 9.59 Å². The normalized spacial score (nSPS) is 14.4. The molecule has 0 aliphatic heterocycles. The Balaban J connectivity index is 2.87. The molecule has 1 aromatic rings. The molecule has 0 bridgehead atoms. The van der Waals surface area contributed by atoms with Crippen LogP contribution >= 0.6 is 11.6 Å². The Hall–Kier alpha value is -1.55. The number of benzene rings is 1. The number of hydrogen-bond acceptors (Lipinski definition) is 2. The summed E-state index contributed by atoms with van der Waals surface area (Å²) in [4.78, 5) is 23.3. The largest absolute Gasteiger partial charge is 0.481 e. The van der Waals surface area contributed by atoms with E-state index in [1.807, 2.05) is 6.07 Å². The molecule has 20 heavy (non-hydrogen) atoms. The van der Waals surface area contributed by atoms with Gasteiger partial charge in [-0.15, -0.1) is 0 Å². The number of nitrogens with one attached hydrogen (secondary N) is 1. The zero-order valence-corrected chi connectivity index (χ0v) is 12.9. The van der Waals surface area contributed by atoms with Crippen LogP contribution in [0, 0.1) is 5.92 Å². The van der Waals surface area contributed by atoms with E-state index in [0.717, 1.165) is 5.56 Å². The second-order valence-electron chi connectivity index (χ2n) is 5.52. The highest BCUT2D eigenvalue weighted by Gasteiger charge is 2.32. The van der Waals surface area contributed by atoms with Crippen molar-refractivity contribution < 1.29 is 14.7 Å². The Morgan fingerprint density at radius 1 is 1.30 bits per heavy atom. The number of aliphatic carboxylic acids is 1. The molecule has 1 aromatic carbocycles. The van der Waals surface area contributed by atoms with E-state index in [-0.39, 0.29) is 5.91 Å². The van der Waals surface area contributed by atoms with Crippen LogP contribution in [0.4, 0.5) is 0 Å². The monoisotopic (exact) mass is 297 g/mol. The van der Waals surface area contributed by atoms with Crippen LogP contribution in [0.5, 0.6) is 0 Å². The molecule has 0 aromatic heterocycles. The third kappa shape index (κ3) is 3.73. The van der Waals surface area contributed by atoms with Crippen LogP contribution in [0.25, 0.3) is 0 Å². The van der Waals surface area contributed by atoms with Crippen molar-refractivity contribution in [3.05, 3.63) is 34.9 Å². The zero-order valence-electron chi connectivity index (χ0n) is 12.1. The van der Waals surface area contributed by atoms with Crippen LogP contribution in [0.2, 0.25) is 5.02 Å². The standard InChI is InChI=1S/C15H20ClNO3/c1-9(13(18)19)10(2)17-14(20)15(3,4)11-6-5-7-12(16)8-11/h5-10H,1-4H3,(H,17,20)(H,18,19). The predicted molar refractivity (Wildman–Crippen MR) is 78.9 cm³/mol. The molecule has 0 fully saturated rings. The lowest BCUT2D eigenvalue weighted by Gasteiger charge is -2.28. The van der Waals surface area contributed by atoms with Gasteiger partial charge in [-0.25, -0.2) is 0 Å². The van der Waals surface area contributed by atoms with Crippen molar-refractivity contribution in [1.29, 1.82) is 0 Å². The van der Waals surface area contributed by atoms with Crippen molar-refractivity contribution in [2.24, 2.45) is 5.92 Å². The maximum absolute atomic E-state index is 12.4. The van der Waals surface area contributed by atoms with Crippen molar-refractivity contribution in [3.8, 4) is 0 Å². The highest BCUT2D eigenvalue weighted by Crippen LogP contribution is 2.26. The maximum Gasteiger partial charge on any atom is 0.308 e. The maximum atomic E-state index is 12.4. The molecule has 4 nitrogen and oxygen atoms in total. The highest BCUT2D eigenvalue weighted by molar-refractivity contribution is 6.30. The Kier molecular flexibility index (Phi) is 5.17. The van der Waals surface area contributed by atoms with Crippen molar-refractivity contribution in [3.63, 3.8) is 0 Å². The number of hydrogen-bond donors (Lipinski definition) is 2. The van der Waals surface area contributed by atoms with Crippen LogP contribution in [0.3, 0.4) is 0 Å². The van der Waals surface area contributed by atoms with Crippen molar-refractivity contribution in [2.75, 3.05) is 0 Å². The number of carboxylic acids is 1. The number of halogens is 1. The SMILES string of the molecule is CC(NC(=O)C(C)(C)c1cccc(Cl)c1)C(C)C(=O)O. The number of carboxylic acid groups (broad SMARTS) is 1. The first kappa shape index (κ1) is 16.5.